The Morgan fingerprint density at radius 3 is 2.59 bits per heavy atom. The SMILES string of the molecule is COc1ccc(N/C(C)=C2/CCOC2=O)cc1. The summed E-state index contributed by atoms with van der Waals surface area (Å²) in [4.78, 5) is 11.4. The number of hydrogen-bond acceptors (Lipinski definition) is 4. The van der Waals surface area contributed by atoms with Gasteiger partial charge in [-0.3, -0.25) is 0 Å². The highest BCUT2D eigenvalue weighted by Crippen LogP contribution is 2.21. The van der Waals surface area contributed by atoms with E-state index in [-0.39, 0.29) is 5.97 Å². The zero-order valence-corrected chi connectivity index (χ0v) is 9.95. The van der Waals surface area contributed by atoms with Crippen LogP contribution in [0.5, 0.6) is 5.75 Å². The molecule has 0 saturated carbocycles. The average molecular weight is 233 g/mol. The molecule has 0 spiro atoms. The minimum atomic E-state index is -0.219. The van der Waals surface area contributed by atoms with Gasteiger partial charge in [0.2, 0.25) is 0 Å². The van der Waals surface area contributed by atoms with E-state index in [1.54, 1.807) is 7.11 Å². The number of carbonyl (C=O) groups is 1. The predicted octanol–water partition coefficient (Wildman–Crippen LogP) is 2.33. The van der Waals surface area contributed by atoms with Crippen LogP contribution in [0.4, 0.5) is 5.69 Å². The number of benzene rings is 1. The van der Waals surface area contributed by atoms with Gasteiger partial charge in [0, 0.05) is 17.8 Å². The lowest BCUT2D eigenvalue weighted by Gasteiger charge is -2.09. The zero-order chi connectivity index (χ0) is 12.3. The first-order valence-corrected chi connectivity index (χ1v) is 5.48. The molecule has 2 rings (SSSR count). The minimum Gasteiger partial charge on any atom is -0.497 e. The maximum absolute atomic E-state index is 11.4. The van der Waals surface area contributed by atoms with Crippen LogP contribution < -0.4 is 10.1 Å². The number of rotatable bonds is 3. The summed E-state index contributed by atoms with van der Waals surface area (Å²) in [6, 6.07) is 7.55. The molecule has 1 saturated heterocycles. The highest BCUT2D eigenvalue weighted by molar-refractivity contribution is 5.91. The van der Waals surface area contributed by atoms with E-state index in [0.29, 0.717) is 13.0 Å². The number of anilines is 1. The van der Waals surface area contributed by atoms with Crippen LogP contribution in [0, 0.1) is 0 Å². The second-order valence-electron chi connectivity index (χ2n) is 3.84. The molecule has 1 N–H and O–H groups in total. The third-order valence-corrected chi connectivity index (χ3v) is 2.71. The van der Waals surface area contributed by atoms with Crippen molar-refractivity contribution in [3.8, 4) is 5.75 Å². The number of cyclic esters (lactones) is 1. The van der Waals surface area contributed by atoms with Crippen LogP contribution in [0.15, 0.2) is 35.5 Å². The first-order chi connectivity index (χ1) is 8.20. The molecule has 1 aromatic carbocycles. The largest absolute Gasteiger partial charge is 0.497 e. The van der Waals surface area contributed by atoms with Crippen molar-refractivity contribution in [2.45, 2.75) is 13.3 Å². The molecule has 1 aromatic rings. The Kier molecular flexibility index (Phi) is 3.32. The maximum atomic E-state index is 11.4. The van der Waals surface area contributed by atoms with E-state index in [2.05, 4.69) is 5.32 Å². The Balaban J connectivity index is 2.12. The summed E-state index contributed by atoms with van der Waals surface area (Å²) in [6.07, 6.45) is 0.674. The topological polar surface area (TPSA) is 47.6 Å². The van der Waals surface area contributed by atoms with Gasteiger partial charge in [0.1, 0.15) is 5.75 Å². The molecule has 1 heterocycles. The van der Waals surface area contributed by atoms with Crippen molar-refractivity contribution in [2.24, 2.45) is 0 Å². The van der Waals surface area contributed by atoms with E-state index in [1.165, 1.54) is 0 Å². The van der Waals surface area contributed by atoms with E-state index in [4.69, 9.17) is 9.47 Å². The van der Waals surface area contributed by atoms with Gasteiger partial charge in [-0.05, 0) is 31.2 Å². The first-order valence-electron chi connectivity index (χ1n) is 5.48. The number of hydrogen-bond donors (Lipinski definition) is 1. The van der Waals surface area contributed by atoms with Gasteiger partial charge in [0.25, 0.3) is 0 Å². The normalized spacial score (nSPS) is 17.6. The Labute approximate surface area is 100 Å². The molecular weight excluding hydrogens is 218 g/mol. The van der Waals surface area contributed by atoms with Gasteiger partial charge < -0.3 is 14.8 Å². The Bertz CT molecular complexity index is 448. The van der Waals surface area contributed by atoms with Crippen LogP contribution in [0.25, 0.3) is 0 Å². The van der Waals surface area contributed by atoms with Gasteiger partial charge in [0.05, 0.1) is 19.3 Å². The lowest BCUT2D eigenvalue weighted by atomic mass is 10.2. The quantitative estimate of drug-likeness (QED) is 0.643. The number of esters is 1. The molecule has 0 amide bonds. The van der Waals surface area contributed by atoms with Crippen molar-refractivity contribution in [2.75, 3.05) is 19.0 Å². The third-order valence-electron chi connectivity index (χ3n) is 2.71. The highest BCUT2D eigenvalue weighted by Gasteiger charge is 2.21. The van der Waals surface area contributed by atoms with Crippen LogP contribution in [0.2, 0.25) is 0 Å². The van der Waals surface area contributed by atoms with E-state index < -0.39 is 0 Å². The summed E-state index contributed by atoms with van der Waals surface area (Å²) < 4.78 is 9.98. The predicted molar refractivity (Wildman–Crippen MR) is 64.9 cm³/mol. The number of ether oxygens (including phenoxy) is 2. The van der Waals surface area contributed by atoms with Gasteiger partial charge in [-0.1, -0.05) is 0 Å². The smallest absolute Gasteiger partial charge is 0.335 e. The van der Waals surface area contributed by atoms with E-state index in [9.17, 15) is 4.79 Å². The average Bonchev–Trinajstić information content (AvgIpc) is 2.76. The maximum Gasteiger partial charge on any atom is 0.335 e. The van der Waals surface area contributed by atoms with Crippen molar-refractivity contribution in [1.29, 1.82) is 0 Å². The Hall–Kier alpha value is -1.97. The van der Waals surface area contributed by atoms with Gasteiger partial charge in [-0.15, -0.1) is 0 Å². The molecule has 1 aliphatic heterocycles. The molecule has 90 valence electrons. The summed E-state index contributed by atoms with van der Waals surface area (Å²) in [5.74, 6) is 0.588. The van der Waals surface area contributed by atoms with Crippen LogP contribution >= 0.6 is 0 Å². The van der Waals surface area contributed by atoms with Crippen LogP contribution in [0.3, 0.4) is 0 Å². The molecule has 0 unspecified atom stereocenters. The van der Waals surface area contributed by atoms with E-state index in [0.717, 1.165) is 22.7 Å². The van der Waals surface area contributed by atoms with E-state index >= 15 is 0 Å². The summed E-state index contributed by atoms with van der Waals surface area (Å²) in [6.45, 7) is 2.36. The highest BCUT2D eigenvalue weighted by atomic mass is 16.5. The van der Waals surface area contributed by atoms with Gasteiger partial charge >= 0.3 is 5.97 Å². The Morgan fingerprint density at radius 2 is 2.06 bits per heavy atom. The minimum absolute atomic E-state index is 0.219. The molecule has 17 heavy (non-hydrogen) atoms. The third kappa shape index (κ3) is 2.58. The van der Waals surface area contributed by atoms with Crippen molar-refractivity contribution in [3.05, 3.63) is 35.5 Å². The van der Waals surface area contributed by atoms with Crippen LogP contribution in [-0.2, 0) is 9.53 Å². The number of nitrogens with one attached hydrogen (secondary N) is 1. The van der Waals surface area contributed by atoms with Crippen LogP contribution in [-0.4, -0.2) is 19.7 Å². The van der Waals surface area contributed by atoms with Crippen molar-refractivity contribution in [3.63, 3.8) is 0 Å². The summed E-state index contributed by atoms with van der Waals surface area (Å²) >= 11 is 0. The van der Waals surface area contributed by atoms with Gasteiger partial charge in [-0.25, -0.2) is 4.79 Å². The van der Waals surface area contributed by atoms with Crippen LogP contribution in [0.1, 0.15) is 13.3 Å². The molecule has 0 radical (unpaired) electrons. The molecule has 4 nitrogen and oxygen atoms in total. The fourth-order valence-electron chi connectivity index (χ4n) is 1.74. The van der Waals surface area contributed by atoms with Crippen molar-refractivity contribution < 1.29 is 14.3 Å². The van der Waals surface area contributed by atoms with Gasteiger partial charge in [0.15, 0.2) is 0 Å². The van der Waals surface area contributed by atoms with E-state index in [1.807, 2.05) is 31.2 Å². The van der Waals surface area contributed by atoms with Crippen molar-refractivity contribution in [1.82, 2.24) is 0 Å². The molecule has 1 aliphatic rings. The second-order valence-corrected chi connectivity index (χ2v) is 3.84. The zero-order valence-electron chi connectivity index (χ0n) is 9.95. The molecule has 1 fully saturated rings. The summed E-state index contributed by atoms with van der Waals surface area (Å²) in [7, 11) is 1.63. The molecular formula is C13H15NO3. The lowest BCUT2D eigenvalue weighted by Crippen LogP contribution is -2.04. The standard InChI is InChI=1S/C13H15NO3/c1-9(12-7-8-17-13(12)15)14-10-3-5-11(16-2)6-4-10/h3-6,14H,7-8H2,1-2H3/b12-9-. The fourth-order valence-corrected chi connectivity index (χ4v) is 1.74. The second kappa shape index (κ2) is 4.91. The summed E-state index contributed by atoms with van der Waals surface area (Å²) in [5, 5.41) is 3.19. The number of carbonyl (C=O) groups excluding carboxylic acids is 1. The van der Waals surface area contributed by atoms with Gasteiger partial charge in [-0.2, -0.15) is 0 Å². The molecule has 0 aromatic heterocycles. The fraction of sp³-hybridized carbons (Fsp3) is 0.308. The number of methoxy groups -OCH3 is 1. The Morgan fingerprint density at radius 1 is 1.35 bits per heavy atom. The molecule has 0 atom stereocenters. The molecule has 0 aliphatic carbocycles. The number of allylic oxidation sites excluding steroid dienone is 1. The lowest BCUT2D eigenvalue weighted by molar-refractivity contribution is -0.135. The monoisotopic (exact) mass is 233 g/mol. The first kappa shape index (κ1) is 11.5. The molecule has 4 heteroatoms. The van der Waals surface area contributed by atoms with Crippen molar-refractivity contribution >= 4 is 11.7 Å². The summed E-state index contributed by atoms with van der Waals surface area (Å²) in [5.41, 5.74) is 2.49. The molecule has 0 bridgehead atoms.